The summed E-state index contributed by atoms with van der Waals surface area (Å²) in [6.07, 6.45) is 4.33. The molecule has 0 amide bonds. The van der Waals surface area contributed by atoms with Crippen molar-refractivity contribution in [3.63, 3.8) is 0 Å². The SMILES string of the molecule is CCN(Cc1ccccc1)c1ccc(/C=C/C(=O)c2ccc(S(C)(=O)=O)c(OC)c2)cc1. The molecule has 6 heteroatoms. The van der Waals surface area contributed by atoms with E-state index in [9.17, 15) is 13.2 Å². The van der Waals surface area contributed by atoms with Crippen molar-refractivity contribution in [2.45, 2.75) is 18.4 Å². The lowest BCUT2D eigenvalue weighted by atomic mass is 10.1. The van der Waals surface area contributed by atoms with Crippen LogP contribution < -0.4 is 9.64 Å². The number of ether oxygens (including phenoxy) is 1. The lowest BCUT2D eigenvalue weighted by Gasteiger charge is -2.23. The van der Waals surface area contributed by atoms with Gasteiger partial charge in [-0.25, -0.2) is 8.42 Å². The summed E-state index contributed by atoms with van der Waals surface area (Å²) in [7, 11) is -2.05. The predicted octanol–water partition coefficient (Wildman–Crippen LogP) is 5.02. The zero-order valence-corrected chi connectivity index (χ0v) is 19.3. The van der Waals surface area contributed by atoms with Gasteiger partial charge >= 0.3 is 0 Å². The molecule has 0 fully saturated rings. The van der Waals surface area contributed by atoms with Gasteiger partial charge in [-0.3, -0.25) is 4.79 Å². The van der Waals surface area contributed by atoms with E-state index in [0.717, 1.165) is 30.6 Å². The van der Waals surface area contributed by atoms with Gasteiger partial charge in [-0.2, -0.15) is 0 Å². The topological polar surface area (TPSA) is 63.7 Å². The summed E-state index contributed by atoms with van der Waals surface area (Å²) in [4.78, 5) is 14.9. The fraction of sp³-hybridized carbons (Fsp3) is 0.192. The Morgan fingerprint density at radius 2 is 1.69 bits per heavy atom. The number of benzene rings is 3. The highest BCUT2D eigenvalue weighted by Gasteiger charge is 2.16. The van der Waals surface area contributed by atoms with E-state index in [4.69, 9.17) is 4.74 Å². The van der Waals surface area contributed by atoms with Gasteiger partial charge in [0.1, 0.15) is 10.6 Å². The predicted molar refractivity (Wildman–Crippen MR) is 129 cm³/mol. The van der Waals surface area contributed by atoms with Crippen molar-refractivity contribution in [1.29, 1.82) is 0 Å². The summed E-state index contributed by atoms with van der Waals surface area (Å²) in [5.74, 6) is -0.0686. The van der Waals surface area contributed by atoms with Crippen LogP contribution in [0.25, 0.3) is 6.08 Å². The first-order valence-corrected chi connectivity index (χ1v) is 12.2. The largest absolute Gasteiger partial charge is 0.495 e. The Balaban J connectivity index is 1.72. The average Bonchev–Trinajstić information content (AvgIpc) is 2.81. The van der Waals surface area contributed by atoms with Gasteiger partial charge in [0.2, 0.25) is 0 Å². The van der Waals surface area contributed by atoms with E-state index in [1.165, 1.54) is 36.9 Å². The molecule has 0 aliphatic rings. The first-order chi connectivity index (χ1) is 15.3. The first-order valence-electron chi connectivity index (χ1n) is 10.3. The third kappa shape index (κ3) is 5.86. The lowest BCUT2D eigenvalue weighted by molar-refractivity contribution is 0.104. The molecule has 3 aromatic carbocycles. The Labute approximate surface area is 189 Å². The third-order valence-corrected chi connectivity index (χ3v) is 6.27. The van der Waals surface area contributed by atoms with E-state index >= 15 is 0 Å². The van der Waals surface area contributed by atoms with E-state index in [1.807, 2.05) is 42.5 Å². The fourth-order valence-corrected chi connectivity index (χ4v) is 4.20. The zero-order chi connectivity index (χ0) is 23.1. The van der Waals surface area contributed by atoms with Crippen molar-refractivity contribution >= 4 is 27.4 Å². The molecular formula is C26H27NO4S. The molecule has 5 nitrogen and oxygen atoms in total. The standard InChI is InChI=1S/C26H27NO4S/c1-4-27(19-21-8-6-5-7-9-21)23-14-10-20(11-15-23)12-16-24(28)22-13-17-26(32(3,29)30)25(18-22)31-2/h5-18H,4,19H2,1-3H3/b16-12+. The Morgan fingerprint density at radius 1 is 1.00 bits per heavy atom. The molecule has 0 saturated heterocycles. The molecule has 3 aromatic rings. The Morgan fingerprint density at radius 3 is 2.28 bits per heavy atom. The molecule has 0 N–H and O–H groups in total. The van der Waals surface area contributed by atoms with Gasteiger partial charge in [0.15, 0.2) is 15.6 Å². The number of anilines is 1. The number of hydrogen-bond acceptors (Lipinski definition) is 5. The van der Waals surface area contributed by atoms with Crippen molar-refractivity contribution in [2.75, 3.05) is 24.8 Å². The smallest absolute Gasteiger partial charge is 0.185 e. The fourth-order valence-electron chi connectivity index (χ4n) is 3.38. The van der Waals surface area contributed by atoms with Gasteiger partial charge in [-0.1, -0.05) is 48.5 Å². The van der Waals surface area contributed by atoms with Crippen LogP contribution in [0.4, 0.5) is 5.69 Å². The van der Waals surface area contributed by atoms with E-state index in [-0.39, 0.29) is 16.4 Å². The summed E-state index contributed by atoms with van der Waals surface area (Å²) in [5.41, 5.74) is 3.63. The van der Waals surface area contributed by atoms with E-state index in [0.29, 0.717) is 5.56 Å². The van der Waals surface area contributed by atoms with Gasteiger partial charge in [0.25, 0.3) is 0 Å². The summed E-state index contributed by atoms with van der Waals surface area (Å²) >= 11 is 0. The maximum absolute atomic E-state index is 12.6. The van der Waals surface area contributed by atoms with Gasteiger partial charge in [0.05, 0.1) is 7.11 Å². The van der Waals surface area contributed by atoms with Gasteiger partial charge in [-0.15, -0.1) is 0 Å². The van der Waals surface area contributed by atoms with Crippen molar-refractivity contribution in [3.05, 3.63) is 95.6 Å². The lowest BCUT2D eigenvalue weighted by Crippen LogP contribution is -2.21. The minimum atomic E-state index is -3.44. The van der Waals surface area contributed by atoms with Gasteiger partial charge in [-0.05, 0) is 54.5 Å². The van der Waals surface area contributed by atoms with Crippen molar-refractivity contribution in [3.8, 4) is 5.75 Å². The van der Waals surface area contributed by atoms with Crippen LogP contribution in [0.3, 0.4) is 0 Å². The monoisotopic (exact) mass is 449 g/mol. The average molecular weight is 450 g/mol. The van der Waals surface area contributed by atoms with Crippen LogP contribution in [-0.2, 0) is 16.4 Å². The second-order valence-electron chi connectivity index (χ2n) is 7.43. The number of hydrogen-bond donors (Lipinski definition) is 0. The maximum Gasteiger partial charge on any atom is 0.185 e. The molecule has 0 aliphatic carbocycles. The van der Waals surface area contributed by atoms with Crippen LogP contribution >= 0.6 is 0 Å². The highest BCUT2D eigenvalue weighted by molar-refractivity contribution is 7.90. The summed E-state index contributed by atoms with van der Waals surface area (Å²) < 4.78 is 28.8. The summed E-state index contributed by atoms with van der Waals surface area (Å²) in [5, 5.41) is 0. The molecule has 0 saturated carbocycles. The number of sulfone groups is 1. The van der Waals surface area contributed by atoms with Crippen LogP contribution in [0.1, 0.15) is 28.4 Å². The molecular weight excluding hydrogens is 422 g/mol. The van der Waals surface area contributed by atoms with Crippen molar-refractivity contribution in [1.82, 2.24) is 0 Å². The van der Waals surface area contributed by atoms with Crippen molar-refractivity contribution < 1.29 is 17.9 Å². The second kappa shape index (κ2) is 10.3. The van der Waals surface area contributed by atoms with Gasteiger partial charge < -0.3 is 9.64 Å². The number of rotatable bonds is 9. The number of methoxy groups -OCH3 is 1. The number of allylic oxidation sites excluding steroid dienone is 1. The van der Waals surface area contributed by atoms with Crippen molar-refractivity contribution in [2.24, 2.45) is 0 Å². The Hall–Kier alpha value is -3.38. The highest BCUT2D eigenvalue weighted by atomic mass is 32.2. The van der Waals surface area contributed by atoms with E-state index < -0.39 is 9.84 Å². The maximum atomic E-state index is 12.6. The van der Waals surface area contributed by atoms with Crippen LogP contribution in [0.15, 0.2) is 83.8 Å². The number of ketones is 1. The molecule has 0 bridgehead atoms. The normalized spacial score (nSPS) is 11.5. The quantitative estimate of drug-likeness (QED) is 0.339. The Kier molecular flexibility index (Phi) is 7.49. The second-order valence-corrected chi connectivity index (χ2v) is 9.41. The van der Waals surface area contributed by atoms with Crippen LogP contribution in [0, 0.1) is 0 Å². The zero-order valence-electron chi connectivity index (χ0n) is 18.5. The summed E-state index contributed by atoms with van der Waals surface area (Å²) in [6, 6.07) is 22.7. The molecule has 0 unspecified atom stereocenters. The van der Waals surface area contributed by atoms with Crippen LogP contribution in [-0.4, -0.2) is 34.1 Å². The first kappa shape index (κ1) is 23.3. The minimum Gasteiger partial charge on any atom is -0.495 e. The number of carbonyl (C=O) groups is 1. The van der Waals surface area contributed by atoms with Gasteiger partial charge in [0, 0.05) is 30.6 Å². The molecule has 0 spiro atoms. The summed E-state index contributed by atoms with van der Waals surface area (Å²) in [6.45, 7) is 3.84. The third-order valence-electron chi connectivity index (χ3n) is 5.13. The highest BCUT2D eigenvalue weighted by Crippen LogP contribution is 2.25. The number of nitrogens with zero attached hydrogens (tertiary/aromatic N) is 1. The molecule has 32 heavy (non-hydrogen) atoms. The van der Waals surface area contributed by atoms with E-state index in [1.54, 1.807) is 6.08 Å². The molecule has 0 aromatic heterocycles. The molecule has 0 atom stereocenters. The number of carbonyl (C=O) groups excluding carboxylic acids is 1. The molecule has 166 valence electrons. The molecule has 3 rings (SSSR count). The molecule has 0 radical (unpaired) electrons. The van der Waals surface area contributed by atoms with Crippen LogP contribution in [0.5, 0.6) is 5.75 Å². The van der Waals surface area contributed by atoms with E-state index in [2.05, 4.69) is 24.0 Å². The molecule has 0 heterocycles. The van der Waals surface area contributed by atoms with Crippen LogP contribution in [0.2, 0.25) is 0 Å². The molecule has 0 aliphatic heterocycles. The minimum absolute atomic E-state index is 0.0621. The Bertz CT molecular complexity index is 1200.